The quantitative estimate of drug-likeness (QED) is 0.667. The number of carbonyl (C=O) groups excluding carboxylic acids is 1. The molecule has 1 saturated carbocycles. The molecule has 29 heavy (non-hydrogen) atoms. The molecular weight excluding hydrogens is 412 g/mol. The van der Waals surface area contributed by atoms with Gasteiger partial charge < -0.3 is 14.4 Å². The zero-order valence-electron chi connectivity index (χ0n) is 16.2. The summed E-state index contributed by atoms with van der Waals surface area (Å²) in [5.74, 6) is 0.185. The summed E-state index contributed by atoms with van der Waals surface area (Å²) in [6.45, 7) is 1.88. The largest absolute Gasteiger partial charge is 0.496 e. The third kappa shape index (κ3) is 4.32. The van der Waals surface area contributed by atoms with Crippen molar-refractivity contribution in [2.45, 2.75) is 30.3 Å². The molecule has 0 radical (unpaired) electrons. The molecule has 2 aliphatic rings. The van der Waals surface area contributed by atoms with Crippen LogP contribution in [0.25, 0.3) is 0 Å². The van der Waals surface area contributed by atoms with Crippen LogP contribution in [0.1, 0.15) is 28.1 Å². The molecule has 4 rings (SSSR count). The lowest BCUT2D eigenvalue weighted by atomic mass is 10.1. The molecule has 7 nitrogen and oxygen atoms in total. The lowest BCUT2D eigenvalue weighted by Crippen LogP contribution is -2.40. The maximum absolute atomic E-state index is 13.4. The second-order valence-corrected chi connectivity index (χ2v) is 10.1. The van der Waals surface area contributed by atoms with Gasteiger partial charge in [0.25, 0.3) is 5.91 Å². The van der Waals surface area contributed by atoms with E-state index in [1.165, 1.54) is 23.5 Å². The van der Waals surface area contributed by atoms with Crippen molar-refractivity contribution < 1.29 is 22.7 Å². The van der Waals surface area contributed by atoms with E-state index in [-0.39, 0.29) is 22.4 Å². The van der Waals surface area contributed by atoms with E-state index < -0.39 is 10.0 Å². The Morgan fingerprint density at radius 1 is 1.28 bits per heavy atom. The number of amides is 1. The summed E-state index contributed by atoms with van der Waals surface area (Å²) >= 11 is 1.61. The molecule has 1 aromatic carbocycles. The second kappa shape index (κ2) is 8.43. The zero-order chi connectivity index (χ0) is 20.4. The van der Waals surface area contributed by atoms with Gasteiger partial charge in [0.2, 0.25) is 10.0 Å². The minimum Gasteiger partial charge on any atom is -0.496 e. The Morgan fingerprint density at radius 2 is 2.03 bits per heavy atom. The molecule has 1 saturated heterocycles. The fourth-order valence-corrected chi connectivity index (χ4v) is 5.57. The number of morpholine rings is 1. The molecule has 1 amide bonds. The van der Waals surface area contributed by atoms with Crippen LogP contribution in [0.15, 0.2) is 40.6 Å². The van der Waals surface area contributed by atoms with Gasteiger partial charge in [-0.3, -0.25) is 4.79 Å². The first-order chi connectivity index (χ1) is 14.0. The molecule has 1 aliphatic carbocycles. The lowest BCUT2D eigenvalue weighted by Gasteiger charge is -2.27. The molecule has 1 aromatic heterocycles. The number of carbonyl (C=O) groups is 1. The van der Waals surface area contributed by atoms with Crippen molar-refractivity contribution in [1.82, 2.24) is 9.21 Å². The van der Waals surface area contributed by atoms with Crippen molar-refractivity contribution >= 4 is 27.3 Å². The van der Waals surface area contributed by atoms with E-state index in [9.17, 15) is 13.2 Å². The topological polar surface area (TPSA) is 76.1 Å². The van der Waals surface area contributed by atoms with E-state index in [0.717, 1.165) is 17.7 Å². The number of sulfonamides is 1. The fraction of sp³-hybridized carbons (Fsp3) is 0.450. The highest BCUT2D eigenvalue weighted by molar-refractivity contribution is 7.89. The van der Waals surface area contributed by atoms with E-state index in [1.54, 1.807) is 17.4 Å². The molecule has 9 heteroatoms. The van der Waals surface area contributed by atoms with Crippen LogP contribution < -0.4 is 4.74 Å². The Labute approximate surface area is 174 Å². The molecule has 0 bridgehead atoms. The van der Waals surface area contributed by atoms with Crippen LogP contribution in [0.4, 0.5) is 0 Å². The highest BCUT2D eigenvalue weighted by atomic mass is 32.2. The van der Waals surface area contributed by atoms with E-state index in [2.05, 4.69) is 0 Å². The highest BCUT2D eigenvalue weighted by Gasteiger charge is 2.35. The summed E-state index contributed by atoms with van der Waals surface area (Å²) in [7, 11) is -2.21. The standard InChI is InChI=1S/C20H24N2O5S2/c1-26-19-7-6-17(29(24,25)21-8-10-27-11-9-21)13-18(19)20(23)22(15-4-5-15)14-16-3-2-12-28-16/h2-3,6-7,12-13,15H,4-5,8-11,14H2,1H3. The molecule has 0 spiro atoms. The number of ether oxygens (including phenoxy) is 2. The smallest absolute Gasteiger partial charge is 0.258 e. The van der Waals surface area contributed by atoms with Crippen molar-refractivity contribution in [2.75, 3.05) is 33.4 Å². The first-order valence-electron chi connectivity index (χ1n) is 9.60. The zero-order valence-corrected chi connectivity index (χ0v) is 17.9. The Morgan fingerprint density at radius 3 is 2.66 bits per heavy atom. The number of benzene rings is 1. The Hall–Kier alpha value is -1.94. The lowest BCUT2D eigenvalue weighted by molar-refractivity contribution is 0.0724. The Balaban J connectivity index is 1.66. The first kappa shape index (κ1) is 20.3. The minimum absolute atomic E-state index is 0.107. The van der Waals surface area contributed by atoms with Gasteiger partial charge >= 0.3 is 0 Å². The van der Waals surface area contributed by atoms with Crippen LogP contribution in [0, 0.1) is 0 Å². The number of thiophene rings is 1. The van der Waals surface area contributed by atoms with Crippen LogP contribution >= 0.6 is 11.3 Å². The number of rotatable bonds is 7. The average Bonchev–Trinajstić information content (AvgIpc) is 3.46. The van der Waals surface area contributed by atoms with Crippen molar-refractivity contribution in [2.24, 2.45) is 0 Å². The summed E-state index contributed by atoms with van der Waals surface area (Å²) in [6, 6.07) is 8.68. The molecular formula is C20H24N2O5S2. The monoisotopic (exact) mass is 436 g/mol. The Bertz CT molecular complexity index is 965. The van der Waals surface area contributed by atoms with Crippen molar-refractivity contribution in [3.05, 3.63) is 46.2 Å². The molecule has 0 N–H and O–H groups in total. The van der Waals surface area contributed by atoms with Crippen molar-refractivity contribution in [3.63, 3.8) is 0 Å². The molecule has 0 atom stereocenters. The molecule has 2 heterocycles. The molecule has 2 fully saturated rings. The normalized spacial score (nSPS) is 17.8. The minimum atomic E-state index is -3.69. The number of hydrogen-bond acceptors (Lipinski definition) is 6. The van der Waals surface area contributed by atoms with Gasteiger partial charge in [-0.25, -0.2) is 8.42 Å². The second-order valence-electron chi connectivity index (χ2n) is 7.12. The van der Waals surface area contributed by atoms with Gasteiger partial charge in [0.1, 0.15) is 5.75 Å². The predicted molar refractivity (Wildman–Crippen MR) is 110 cm³/mol. The van der Waals surface area contributed by atoms with Gasteiger partial charge in [0.15, 0.2) is 0 Å². The maximum atomic E-state index is 13.4. The third-order valence-electron chi connectivity index (χ3n) is 5.16. The summed E-state index contributed by atoms with van der Waals surface area (Å²) in [4.78, 5) is 16.4. The highest BCUT2D eigenvalue weighted by Crippen LogP contribution is 2.33. The summed E-state index contributed by atoms with van der Waals surface area (Å²) in [5.41, 5.74) is 0.283. The van der Waals surface area contributed by atoms with Gasteiger partial charge in [-0.15, -0.1) is 11.3 Å². The van der Waals surface area contributed by atoms with E-state index in [0.29, 0.717) is 38.6 Å². The summed E-state index contributed by atoms with van der Waals surface area (Å²) in [6.07, 6.45) is 1.93. The van der Waals surface area contributed by atoms with E-state index in [1.807, 2.05) is 22.4 Å². The Kier molecular flexibility index (Phi) is 5.91. The maximum Gasteiger partial charge on any atom is 0.258 e. The van der Waals surface area contributed by atoms with Gasteiger partial charge in [0, 0.05) is 24.0 Å². The number of hydrogen-bond donors (Lipinski definition) is 0. The molecule has 156 valence electrons. The van der Waals surface area contributed by atoms with Crippen LogP contribution in [0.5, 0.6) is 5.75 Å². The van der Waals surface area contributed by atoms with Crippen LogP contribution in [0.3, 0.4) is 0 Å². The van der Waals surface area contributed by atoms with E-state index in [4.69, 9.17) is 9.47 Å². The molecule has 0 unspecified atom stereocenters. The van der Waals surface area contributed by atoms with Crippen LogP contribution in [-0.4, -0.2) is 63.0 Å². The van der Waals surface area contributed by atoms with Crippen LogP contribution in [0.2, 0.25) is 0 Å². The average molecular weight is 437 g/mol. The van der Waals surface area contributed by atoms with E-state index >= 15 is 0 Å². The SMILES string of the molecule is COc1ccc(S(=O)(=O)N2CCOCC2)cc1C(=O)N(Cc1cccs1)C1CC1. The first-order valence-corrected chi connectivity index (χ1v) is 11.9. The van der Waals surface area contributed by atoms with Gasteiger partial charge in [-0.05, 0) is 42.5 Å². The van der Waals surface area contributed by atoms with Crippen molar-refractivity contribution in [1.29, 1.82) is 0 Å². The van der Waals surface area contributed by atoms with Gasteiger partial charge in [0.05, 0.1) is 37.3 Å². The van der Waals surface area contributed by atoms with Crippen LogP contribution in [-0.2, 0) is 21.3 Å². The fourth-order valence-electron chi connectivity index (χ4n) is 3.43. The number of nitrogens with zero attached hydrogens (tertiary/aromatic N) is 2. The predicted octanol–water partition coefficient (Wildman–Crippen LogP) is 2.58. The molecule has 1 aliphatic heterocycles. The molecule has 2 aromatic rings. The van der Waals surface area contributed by atoms with Gasteiger partial charge in [-0.2, -0.15) is 4.31 Å². The van der Waals surface area contributed by atoms with Gasteiger partial charge in [-0.1, -0.05) is 6.07 Å². The summed E-state index contributed by atoms with van der Waals surface area (Å²) in [5, 5.41) is 1.99. The van der Waals surface area contributed by atoms with Crippen molar-refractivity contribution in [3.8, 4) is 5.75 Å². The number of methoxy groups -OCH3 is 1. The third-order valence-corrected chi connectivity index (χ3v) is 7.92. The summed E-state index contributed by atoms with van der Waals surface area (Å²) < 4.78 is 38.1.